The van der Waals surface area contributed by atoms with Crippen molar-refractivity contribution >= 4 is 5.97 Å². The van der Waals surface area contributed by atoms with Crippen LogP contribution in [0.4, 0.5) is 17.6 Å². The van der Waals surface area contributed by atoms with Crippen LogP contribution in [0.1, 0.15) is 34.5 Å². The van der Waals surface area contributed by atoms with E-state index in [1.807, 2.05) is 31.2 Å². The number of hydrogen-bond acceptors (Lipinski definition) is 4. The second kappa shape index (κ2) is 10.6. The van der Waals surface area contributed by atoms with Gasteiger partial charge in [0.1, 0.15) is 23.9 Å². The van der Waals surface area contributed by atoms with Gasteiger partial charge in [-0.1, -0.05) is 12.1 Å². The van der Waals surface area contributed by atoms with Crippen molar-refractivity contribution in [2.45, 2.75) is 19.1 Å². The molecular formula is C25H23F4NO4. The number of alkyl halides is 3. The lowest BCUT2D eigenvalue weighted by Crippen LogP contribution is -2.24. The van der Waals surface area contributed by atoms with Gasteiger partial charge in [0.05, 0.1) is 18.2 Å². The molecule has 0 amide bonds. The molecule has 0 bridgehead atoms. The molecular weight excluding hydrogens is 454 g/mol. The van der Waals surface area contributed by atoms with Crippen LogP contribution in [0.5, 0.6) is 11.5 Å². The summed E-state index contributed by atoms with van der Waals surface area (Å²) in [7, 11) is 1.58. The van der Waals surface area contributed by atoms with Gasteiger partial charge in [0.25, 0.3) is 0 Å². The van der Waals surface area contributed by atoms with Crippen LogP contribution in [0.3, 0.4) is 0 Å². The molecule has 9 heteroatoms. The fraction of sp³-hybridized carbons (Fsp3) is 0.240. The summed E-state index contributed by atoms with van der Waals surface area (Å²) in [6.45, 7) is 2.54. The van der Waals surface area contributed by atoms with E-state index >= 15 is 0 Å². The highest BCUT2D eigenvalue weighted by Crippen LogP contribution is 2.34. The molecule has 0 spiro atoms. The Labute approximate surface area is 193 Å². The number of hydrogen-bond donors (Lipinski definition) is 2. The average molecular weight is 477 g/mol. The van der Waals surface area contributed by atoms with E-state index in [9.17, 15) is 27.5 Å². The first-order chi connectivity index (χ1) is 16.1. The fourth-order valence-electron chi connectivity index (χ4n) is 3.37. The summed E-state index contributed by atoms with van der Waals surface area (Å²) in [5.41, 5.74) is -0.689. The van der Waals surface area contributed by atoms with E-state index in [1.54, 1.807) is 7.11 Å². The second-order valence-electron chi connectivity index (χ2n) is 7.58. The molecule has 34 heavy (non-hydrogen) atoms. The molecule has 3 aromatic carbocycles. The minimum atomic E-state index is -4.75. The van der Waals surface area contributed by atoms with Gasteiger partial charge in [0.15, 0.2) is 0 Å². The third-order valence-corrected chi connectivity index (χ3v) is 5.13. The molecule has 1 atom stereocenters. The number of carboxylic acids is 1. The number of carboxylic acid groups (broad SMARTS) is 1. The van der Waals surface area contributed by atoms with Gasteiger partial charge in [-0.3, -0.25) is 0 Å². The van der Waals surface area contributed by atoms with Gasteiger partial charge in [-0.05, 0) is 66.1 Å². The lowest BCUT2D eigenvalue weighted by atomic mass is 9.99. The van der Waals surface area contributed by atoms with E-state index in [2.05, 4.69) is 5.32 Å². The van der Waals surface area contributed by atoms with Crippen LogP contribution in [0.25, 0.3) is 11.1 Å². The summed E-state index contributed by atoms with van der Waals surface area (Å²) in [4.78, 5) is 11.3. The molecule has 0 unspecified atom stereocenters. The Bertz CT molecular complexity index is 1160. The number of rotatable bonds is 9. The Morgan fingerprint density at radius 1 is 1.03 bits per heavy atom. The molecule has 0 saturated heterocycles. The summed E-state index contributed by atoms with van der Waals surface area (Å²) in [6.07, 6.45) is -4.75. The number of carbonyl (C=O) groups is 1. The maximum absolute atomic E-state index is 14.2. The van der Waals surface area contributed by atoms with Crippen LogP contribution < -0.4 is 14.8 Å². The Morgan fingerprint density at radius 2 is 1.76 bits per heavy atom. The number of aromatic carboxylic acids is 1. The van der Waals surface area contributed by atoms with Crippen LogP contribution in [-0.2, 0) is 6.18 Å². The summed E-state index contributed by atoms with van der Waals surface area (Å²) >= 11 is 0. The number of halogens is 4. The summed E-state index contributed by atoms with van der Waals surface area (Å²) in [5.74, 6) is -1.40. The van der Waals surface area contributed by atoms with Gasteiger partial charge in [-0.15, -0.1) is 0 Å². The number of benzene rings is 3. The highest BCUT2D eigenvalue weighted by atomic mass is 19.4. The maximum atomic E-state index is 14.2. The fourth-order valence-corrected chi connectivity index (χ4v) is 3.37. The van der Waals surface area contributed by atoms with Crippen LogP contribution in [0.15, 0.2) is 60.7 Å². The van der Waals surface area contributed by atoms with Crippen LogP contribution in [0, 0.1) is 5.82 Å². The number of methoxy groups -OCH3 is 1. The van der Waals surface area contributed by atoms with E-state index < -0.39 is 29.1 Å². The minimum Gasteiger partial charge on any atom is -0.497 e. The number of nitrogens with one attached hydrogen (secondary N) is 1. The minimum absolute atomic E-state index is 0.0127. The highest BCUT2D eigenvalue weighted by Gasteiger charge is 2.32. The van der Waals surface area contributed by atoms with Crippen LogP contribution in [-0.4, -0.2) is 31.3 Å². The normalized spacial score (nSPS) is 12.3. The molecule has 0 aliphatic heterocycles. The first-order valence-corrected chi connectivity index (χ1v) is 10.3. The van der Waals surface area contributed by atoms with Crippen molar-refractivity contribution in [2.24, 2.45) is 0 Å². The standard InChI is InChI=1S/C25H23F4NO4/c1-15(16-4-3-5-22(12-16)33-2)30-6-7-34-23-13-18(11-21(26)14-23)17-8-19(24(31)32)10-20(9-17)25(27,28)29/h3-5,8-15,30H,6-7H2,1-2H3,(H,31,32)/t15-/m1/s1. The largest absolute Gasteiger partial charge is 0.497 e. The SMILES string of the molecule is COc1cccc([C@@H](C)NCCOc2cc(F)cc(-c3cc(C(=O)O)cc(C(F)(F)F)c3)c2)c1. The van der Waals surface area contributed by atoms with Crippen LogP contribution in [0.2, 0.25) is 0 Å². The van der Waals surface area contributed by atoms with Crippen molar-refractivity contribution in [2.75, 3.05) is 20.3 Å². The monoisotopic (exact) mass is 477 g/mol. The number of ether oxygens (including phenoxy) is 2. The van der Waals surface area contributed by atoms with Crippen molar-refractivity contribution < 1.29 is 36.9 Å². The average Bonchev–Trinajstić information content (AvgIpc) is 2.80. The van der Waals surface area contributed by atoms with Gasteiger partial charge < -0.3 is 19.9 Å². The summed E-state index contributed by atoms with van der Waals surface area (Å²) in [6, 6.07) is 13.4. The van der Waals surface area contributed by atoms with Gasteiger partial charge >= 0.3 is 12.1 Å². The molecule has 0 saturated carbocycles. The first-order valence-electron chi connectivity index (χ1n) is 10.3. The molecule has 5 nitrogen and oxygen atoms in total. The van der Waals surface area contributed by atoms with Crippen molar-refractivity contribution in [3.05, 3.63) is 83.2 Å². The highest BCUT2D eigenvalue weighted by molar-refractivity contribution is 5.90. The third kappa shape index (κ3) is 6.48. The molecule has 0 aliphatic rings. The van der Waals surface area contributed by atoms with E-state index in [0.717, 1.165) is 35.6 Å². The van der Waals surface area contributed by atoms with E-state index in [1.165, 1.54) is 6.07 Å². The zero-order chi connectivity index (χ0) is 24.9. The van der Waals surface area contributed by atoms with Gasteiger partial charge in [0.2, 0.25) is 0 Å². The zero-order valence-electron chi connectivity index (χ0n) is 18.4. The third-order valence-electron chi connectivity index (χ3n) is 5.13. The van der Waals surface area contributed by atoms with Crippen molar-refractivity contribution in [1.29, 1.82) is 0 Å². The quantitative estimate of drug-likeness (QED) is 0.295. The van der Waals surface area contributed by atoms with Crippen molar-refractivity contribution in [3.63, 3.8) is 0 Å². The molecule has 2 N–H and O–H groups in total. The summed E-state index contributed by atoms with van der Waals surface area (Å²) in [5, 5.41) is 12.4. The molecule has 180 valence electrons. The van der Waals surface area contributed by atoms with E-state index in [0.29, 0.717) is 12.6 Å². The lowest BCUT2D eigenvalue weighted by molar-refractivity contribution is -0.137. The Hall–Kier alpha value is -3.59. The van der Waals surface area contributed by atoms with Crippen molar-refractivity contribution in [3.8, 4) is 22.6 Å². The smallest absolute Gasteiger partial charge is 0.416 e. The first kappa shape index (κ1) is 25.0. The molecule has 3 aromatic rings. The maximum Gasteiger partial charge on any atom is 0.416 e. The Morgan fingerprint density at radius 3 is 2.44 bits per heavy atom. The van der Waals surface area contributed by atoms with E-state index in [-0.39, 0.29) is 29.5 Å². The molecule has 3 rings (SSSR count). The predicted molar refractivity (Wildman–Crippen MR) is 119 cm³/mol. The zero-order valence-corrected chi connectivity index (χ0v) is 18.4. The van der Waals surface area contributed by atoms with Crippen LogP contribution >= 0.6 is 0 Å². The summed E-state index contributed by atoms with van der Waals surface area (Å²) < 4.78 is 64.6. The van der Waals surface area contributed by atoms with Gasteiger partial charge in [-0.25, -0.2) is 9.18 Å². The Balaban J connectivity index is 1.72. The molecule has 0 heterocycles. The van der Waals surface area contributed by atoms with Gasteiger partial charge in [-0.2, -0.15) is 13.2 Å². The topological polar surface area (TPSA) is 67.8 Å². The molecule has 0 aromatic heterocycles. The lowest BCUT2D eigenvalue weighted by Gasteiger charge is -2.16. The van der Waals surface area contributed by atoms with Crippen molar-refractivity contribution in [1.82, 2.24) is 5.32 Å². The molecule has 0 aliphatic carbocycles. The predicted octanol–water partition coefficient (Wildman–Crippen LogP) is 5.95. The molecule has 0 fully saturated rings. The van der Waals surface area contributed by atoms with E-state index in [4.69, 9.17) is 9.47 Å². The molecule has 0 radical (unpaired) electrons. The second-order valence-corrected chi connectivity index (χ2v) is 7.58. The Kier molecular flexibility index (Phi) is 7.78. The van der Waals surface area contributed by atoms with Gasteiger partial charge in [0, 0.05) is 18.7 Å².